The summed E-state index contributed by atoms with van der Waals surface area (Å²) in [5, 5.41) is 3.60. The Labute approximate surface area is 97.2 Å². The van der Waals surface area contributed by atoms with E-state index in [9.17, 15) is 0 Å². The maximum atomic E-state index is 5.54. The van der Waals surface area contributed by atoms with E-state index in [1.807, 2.05) is 18.5 Å². The van der Waals surface area contributed by atoms with Crippen LogP contribution in [0.15, 0.2) is 24.5 Å². The molecule has 1 fully saturated rings. The lowest BCUT2D eigenvalue weighted by atomic mass is 9.88. The van der Waals surface area contributed by atoms with Gasteiger partial charge in [-0.05, 0) is 38.3 Å². The number of rotatable bonds is 5. The number of nitrogens with one attached hydrogen (secondary N) is 1. The molecule has 1 heterocycles. The van der Waals surface area contributed by atoms with Crippen molar-refractivity contribution in [2.75, 3.05) is 6.61 Å². The molecule has 16 heavy (non-hydrogen) atoms. The zero-order chi connectivity index (χ0) is 11.4. The van der Waals surface area contributed by atoms with Crippen molar-refractivity contribution in [2.24, 2.45) is 0 Å². The molecule has 1 N–H and O–H groups in total. The fourth-order valence-electron chi connectivity index (χ4n) is 2.16. The van der Waals surface area contributed by atoms with E-state index in [0.29, 0.717) is 18.2 Å². The summed E-state index contributed by atoms with van der Waals surface area (Å²) < 4.78 is 5.54. The van der Waals surface area contributed by atoms with Crippen LogP contribution < -0.4 is 5.32 Å². The van der Waals surface area contributed by atoms with Crippen LogP contribution in [0.1, 0.15) is 38.3 Å². The van der Waals surface area contributed by atoms with Gasteiger partial charge in [-0.25, -0.2) is 0 Å². The predicted molar refractivity (Wildman–Crippen MR) is 64.2 cm³/mol. The van der Waals surface area contributed by atoms with E-state index in [4.69, 9.17) is 4.74 Å². The van der Waals surface area contributed by atoms with Crippen molar-refractivity contribution >= 4 is 0 Å². The van der Waals surface area contributed by atoms with Gasteiger partial charge in [0.1, 0.15) is 0 Å². The fraction of sp³-hybridized carbons (Fsp3) is 0.615. The molecule has 1 unspecified atom stereocenters. The zero-order valence-electron chi connectivity index (χ0n) is 10.0. The molecule has 0 radical (unpaired) electrons. The van der Waals surface area contributed by atoms with Crippen molar-refractivity contribution in [3.8, 4) is 0 Å². The average molecular weight is 220 g/mol. The highest BCUT2D eigenvalue weighted by atomic mass is 16.5. The Morgan fingerprint density at radius 3 is 3.00 bits per heavy atom. The summed E-state index contributed by atoms with van der Waals surface area (Å²) in [5.74, 6) is 0. The standard InChI is InChI=1S/C13H20N2O/c1-3-16-13-7-12(8-13)15-10(2)11-5-4-6-14-9-11/h4-6,9-10,12-13,15H,3,7-8H2,1-2H3. The van der Waals surface area contributed by atoms with Crippen molar-refractivity contribution in [3.05, 3.63) is 30.1 Å². The van der Waals surface area contributed by atoms with Gasteiger partial charge in [-0.2, -0.15) is 0 Å². The van der Waals surface area contributed by atoms with E-state index in [1.165, 1.54) is 5.56 Å². The van der Waals surface area contributed by atoms with Crippen LogP contribution in [-0.2, 0) is 4.74 Å². The van der Waals surface area contributed by atoms with E-state index < -0.39 is 0 Å². The second-order valence-corrected chi connectivity index (χ2v) is 4.42. The Kier molecular flexibility index (Phi) is 3.91. The third-order valence-electron chi connectivity index (χ3n) is 3.17. The first-order chi connectivity index (χ1) is 7.79. The molecule has 0 amide bonds. The van der Waals surface area contributed by atoms with E-state index >= 15 is 0 Å². The third-order valence-corrected chi connectivity index (χ3v) is 3.17. The Balaban J connectivity index is 1.75. The van der Waals surface area contributed by atoms with Crippen LogP contribution in [0, 0.1) is 0 Å². The smallest absolute Gasteiger partial charge is 0.0604 e. The maximum absolute atomic E-state index is 5.54. The van der Waals surface area contributed by atoms with Gasteiger partial charge >= 0.3 is 0 Å². The Hall–Kier alpha value is -0.930. The first-order valence-electron chi connectivity index (χ1n) is 6.07. The minimum absolute atomic E-state index is 0.376. The minimum Gasteiger partial charge on any atom is -0.378 e. The van der Waals surface area contributed by atoms with Crippen LogP contribution >= 0.6 is 0 Å². The van der Waals surface area contributed by atoms with Crippen molar-refractivity contribution in [1.82, 2.24) is 10.3 Å². The van der Waals surface area contributed by atoms with E-state index in [1.54, 1.807) is 0 Å². The normalized spacial score (nSPS) is 26.1. The molecule has 1 aliphatic rings. The quantitative estimate of drug-likeness (QED) is 0.826. The predicted octanol–water partition coefficient (Wildman–Crippen LogP) is 2.30. The molecule has 3 nitrogen and oxygen atoms in total. The number of nitrogens with zero attached hydrogens (tertiary/aromatic N) is 1. The summed E-state index contributed by atoms with van der Waals surface area (Å²) in [4.78, 5) is 4.14. The second-order valence-electron chi connectivity index (χ2n) is 4.42. The van der Waals surface area contributed by atoms with Gasteiger partial charge in [-0.3, -0.25) is 4.98 Å². The highest BCUT2D eigenvalue weighted by Gasteiger charge is 2.30. The molecule has 2 rings (SSSR count). The molecule has 1 saturated carbocycles. The van der Waals surface area contributed by atoms with Crippen molar-refractivity contribution in [2.45, 2.75) is 44.9 Å². The molecule has 0 aliphatic heterocycles. The largest absolute Gasteiger partial charge is 0.378 e. The lowest BCUT2D eigenvalue weighted by Crippen LogP contribution is -2.46. The van der Waals surface area contributed by atoms with Crippen molar-refractivity contribution in [1.29, 1.82) is 0 Å². The number of ether oxygens (including phenoxy) is 1. The minimum atomic E-state index is 0.376. The van der Waals surface area contributed by atoms with Crippen LogP contribution in [-0.4, -0.2) is 23.7 Å². The van der Waals surface area contributed by atoms with Gasteiger partial charge in [-0.15, -0.1) is 0 Å². The summed E-state index contributed by atoms with van der Waals surface area (Å²) in [6.45, 7) is 5.07. The van der Waals surface area contributed by atoms with Gasteiger partial charge in [0.05, 0.1) is 6.10 Å². The molecular weight excluding hydrogens is 200 g/mol. The lowest BCUT2D eigenvalue weighted by molar-refractivity contribution is -0.0120. The van der Waals surface area contributed by atoms with Crippen LogP contribution in [0.25, 0.3) is 0 Å². The van der Waals surface area contributed by atoms with Gasteiger partial charge in [-0.1, -0.05) is 6.07 Å². The molecule has 1 atom stereocenters. The maximum Gasteiger partial charge on any atom is 0.0604 e. The Morgan fingerprint density at radius 2 is 2.38 bits per heavy atom. The zero-order valence-corrected chi connectivity index (χ0v) is 10.0. The number of hydrogen-bond acceptors (Lipinski definition) is 3. The van der Waals surface area contributed by atoms with Gasteiger partial charge in [0.2, 0.25) is 0 Å². The fourth-order valence-corrected chi connectivity index (χ4v) is 2.16. The molecule has 0 spiro atoms. The monoisotopic (exact) mass is 220 g/mol. The molecule has 3 heteroatoms. The molecule has 1 aromatic rings. The van der Waals surface area contributed by atoms with Gasteiger partial charge < -0.3 is 10.1 Å². The second kappa shape index (κ2) is 5.41. The molecule has 88 valence electrons. The van der Waals surface area contributed by atoms with E-state index in [2.05, 4.69) is 30.2 Å². The third kappa shape index (κ3) is 2.80. The SMILES string of the molecule is CCOC1CC(NC(C)c2cccnc2)C1. The van der Waals surface area contributed by atoms with Crippen molar-refractivity contribution < 1.29 is 4.74 Å². The summed E-state index contributed by atoms with van der Waals surface area (Å²) in [7, 11) is 0. The van der Waals surface area contributed by atoms with Gasteiger partial charge in [0.15, 0.2) is 0 Å². The topological polar surface area (TPSA) is 34.1 Å². The van der Waals surface area contributed by atoms with E-state index in [0.717, 1.165) is 19.4 Å². The molecular formula is C13H20N2O. The number of hydrogen-bond donors (Lipinski definition) is 1. The first kappa shape index (κ1) is 11.6. The Bertz CT molecular complexity index is 309. The van der Waals surface area contributed by atoms with Crippen LogP contribution in [0.3, 0.4) is 0 Å². The lowest BCUT2D eigenvalue weighted by Gasteiger charge is -2.37. The van der Waals surface area contributed by atoms with E-state index in [-0.39, 0.29) is 0 Å². The average Bonchev–Trinajstić information content (AvgIpc) is 2.27. The summed E-state index contributed by atoms with van der Waals surface area (Å²) in [5.41, 5.74) is 1.25. The van der Waals surface area contributed by atoms with Crippen LogP contribution in [0.4, 0.5) is 0 Å². The van der Waals surface area contributed by atoms with Gasteiger partial charge in [0.25, 0.3) is 0 Å². The molecule has 0 bridgehead atoms. The van der Waals surface area contributed by atoms with Crippen LogP contribution in [0.5, 0.6) is 0 Å². The highest BCUT2D eigenvalue weighted by molar-refractivity contribution is 5.13. The number of pyridine rings is 1. The van der Waals surface area contributed by atoms with Crippen molar-refractivity contribution in [3.63, 3.8) is 0 Å². The molecule has 1 aliphatic carbocycles. The van der Waals surface area contributed by atoms with Gasteiger partial charge in [0, 0.05) is 31.1 Å². The molecule has 1 aromatic heterocycles. The summed E-state index contributed by atoms with van der Waals surface area (Å²) in [6.07, 6.45) is 6.49. The molecule has 0 saturated heterocycles. The summed E-state index contributed by atoms with van der Waals surface area (Å²) in [6, 6.07) is 5.08. The first-order valence-corrected chi connectivity index (χ1v) is 6.07. The highest BCUT2D eigenvalue weighted by Crippen LogP contribution is 2.25. The number of aromatic nitrogens is 1. The Morgan fingerprint density at radius 1 is 1.56 bits per heavy atom. The summed E-state index contributed by atoms with van der Waals surface area (Å²) >= 11 is 0. The molecule has 0 aromatic carbocycles. The van der Waals surface area contributed by atoms with Crippen LogP contribution in [0.2, 0.25) is 0 Å².